The number of benzene rings is 1. The second-order valence-corrected chi connectivity index (χ2v) is 7.30. The summed E-state index contributed by atoms with van der Waals surface area (Å²) in [5.41, 5.74) is 5.80. The van der Waals surface area contributed by atoms with Crippen LogP contribution in [0.25, 0.3) is 10.9 Å². The number of rotatable bonds is 6. The van der Waals surface area contributed by atoms with Crippen LogP contribution in [0.4, 0.5) is 4.39 Å². The normalized spacial score (nSPS) is 13.7. The van der Waals surface area contributed by atoms with Crippen LogP contribution in [0, 0.1) is 5.82 Å². The quantitative estimate of drug-likeness (QED) is 0.477. The van der Waals surface area contributed by atoms with Crippen LogP contribution >= 0.6 is 0 Å². The van der Waals surface area contributed by atoms with Crippen molar-refractivity contribution >= 4 is 23.2 Å². The van der Waals surface area contributed by atoms with Crippen molar-refractivity contribution in [2.75, 3.05) is 39.4 Å². The minimum Gasteiger partial charge on any atom is -0.504 e. The van der Waals surface area contributed by atoms with E-state index in [1.54, 1.807) is 30.5 Å². The summed E-state index contributed by atoms with van der Waals surface area (Å²) in [4.78, 5) is 32.4. The van der Waals surface area contributed by atoms with Crippen LogP contribution in [0.5, 0.6) is 5.75 Å². The van der Waals surface area contributed by atoms with Crippen LogP contribution in [0.1, 0.15) is 21.7 Å². The fourth-order valence-electron chi connectivity index (χ4n) is 3.50. The van der Waals surface area contributed by atoms with E-state index in [9.17, 15) is 14.3 Å². The van der Waals surface area contributed by atoms with Gasteiger partial charge in [-0.1, -0.05) is 12.1 Å². The van der Waals surface area contributed by atoms with Gasteiger partial charge in [-0.15, -0.1) is 0 Å². The van der Waals surface area contributed by atoms with Crippen molar-refractivity contribution < 1.29 is 23.8 Å². The number of primary amides is 1. The summed E-state index contributed by atoms with van der Waals surface area (Å²) >= 11 is 0. The van der Waals surface area contributed by atoms with E-state index in [1.165, 1.54) is 12.1 Å². The van der Waals surface area contributed by atoms with Gasteiger partial charge in [0, 0.05) is 44.2 Å². The molecule has 33 heavy (non-hydrogen) atoms. The van der Waals surface area contributed by atoms with E-state index in [4.69, 9.17) is 9.53 Å². The Balaban J connectivity index is 0.000000968. The second-order valence-electron chi connectivity index (χ2n) is 7.30. The molecule has 1 aliphatic heterocycles. The Morgan fingerprint density at radius 2 is 1.94 bits per heavy atom. The number of carbonyl (C=O) groups is 2. The molecule has 9 nitrogen and oxygen atoms in total. The number of hydrogen-bond acceptors (Lipinski definition) is 7. The highest BCUT2D eigenvalue weighted by molar-refractivity contribution is 6.05. The number of ether oxygens (including phenoxy) is 1. The largest absolute Gasteiger partial charge is 0.504 e. The fourth-order valence-corrected chi connectivity index (χ4v) is 3.50. The van der Waals surface area contributed by atoms with Gasteiger partial charge in [0.1, 0.15) is 17.0 Å². The average Bonchev–Trinajstić information content (AvgIpc) is 2.83. The van der Waals surface area contributed by atoms with Crippen molar-refractivity contribution in [1.82, 2.24) is 20.2 Å². The molecule has 1 aromatic carbocycles. The molecule has 0 saturated carbocycles. The molecule has 0 bridgehead atoms. The first-order valence-corrected chi connectivity index (χ1v) is 10.5. The van der Waals surface area contributed by atoms with Crippen molar-refractivity contribution in [2.24, 2.45) is 5.73 Å². The molecule has 0 aliphatic carbocycles. The highest BCUT2D eigenvalue weighted by Crippen LogP contribution is 2.29. The van der Waals surface area contributed by atoms with Gasteiger partial charge in [-0.2, -0.15) is 0 Å². The average molecular weight is 455 g/mol. The van der Waals surface area contributed by atoms with Gasteiger partial charge in [-0.05, 0) is 29.8 Å². The Morgan fingerprint density at radius 3 is 2.64 bits per heavy atom. The number of pyridine rings is 2. The lowest BCUT2D eigenvalue weighted by atomic mass is 10.1. The summed E-state index contributed by atoms with van der Waals surface area (Å²) in [7, 11) is 0. The number of aromatic hydroxyl groups is 1. The smallest absolute Gasteiger partial charge is 0.270 e. The van der Waals surface area contributed by atoms with Gasteiger partial charge in [0.25, 0.3) is 5.91 Å². The molecule has 2 amide bonds. The number of nitrogens with two attached hydrogens (primary N) is 1. The lowest BCUT2D eigenvalue weighted by Gasteiger charge is -2.26. The third-order valence-electron chi connectivity index (χ3n) is 5.12. The van der Waals surface area contributed by atoms with Gasteiger partial charge in [0.15, 0.2) is 5.75 Å². The highest BCUT2D eigenvalue weighted by Gasteiger charge is 2.19. The van der Waals surface area contributed by atoms with Gasteiger partial charge in [0.05, 0.1) is 18.9 Å². The van der Waals surface area contributed by atoms with Gasteiger partial charge in [0.2, 0.25) is 6.41 Å². The zero-order chi connectivity index (χ0) is 23.6. The molecule has 0 spiro atoms. The predicted octanol–water partition coefficient (Wildman–Crippen LogP) is 1.23. The molecule has 0 radical (unpaired) electrons. The number of amides is 2. The maximum absolute atomic E-state index is 13.2. The first kappa shape index (κ1) is 24.0. The molecule has 0 unspecified atom stereocenters. The molecule has 0 atom stereocenters. The lowest BCUT2D eigenvalue weighted by molar-refractivity contribution is -0.106. The third-order valence-corrected chi connectivity index (χ3v) is 5.12. The third kappa shape index (κ3) is 6.43. The number of morpholine rings is 1. The zero-order valence-electron chi connectivity index (χ0n) is 18.0. The first-order chi connectivity index (χ1) is 16.0. The molecule has 2 aromatic heterocycles. The molecule has 3 heterocycles. The summed E-state index contributed by atoms with van der Waals surface area (Å²) in [6.45, 7) is 4.32. The Bertz CT molecular complexity index is 1090. The topological polar surface area (TPSA) is 131 Å². The van der Waals surface area contributed by atoms with Crippen LogP contribution in [0.2, 0.25) is 0 Å². The summed E-state index contributed by atoms with van der Waals surface area (Å²) < 4.78 is 18.5. The summed E-state index contributed by atoms with van der Waals surface area (Å²) in [6.07, 6.45) is 2.07. The van der Waals surface area contributed by atoms with E-state index >= 15 is 0 Å². The Labute approximate surface area is 190 Å². The Morgan fingerprint density at radius 1 is 1.24 bits per heavy atom. The molecule has 1 saturated heterocycles. The fraction of sp³-hybridized carbons (Fsp3) is 0.304. The van der Waals surface area contributed by atoms with E-state index in [-0.39, 0.29) is 36.0 Å². The van der Waals surface area contributed by atoms with Crippen LogP contribution in [0.15, 0.2) is 42.6 Å². The monoisotopic (exact) mass is 455 g/mol. The summed E-state index contributed by atoms with van der Waals surface area (Å²) in [6, 6.07) is 9.37. The highest BCUT2D eigenvalue weighted by atomic mass is 19.1. The van der Waals surface area contributed by atoms with Gasteiger partial charge < -0.3 is 20.9 Å². The molecule has 3 aromatic rings. The number of nitrogens with zero attached hydrogens (tertiary/aromatic N) is 3. The van der Waals surface area contributed by atoms with E-state index in [0.29, 0.717) is 36.4 Å². The van der Waals surface area contributed by atoms with Crippen LogP contribution in [-0.4, -0.2) is 71.7 Å². The van der Waals surface area contributed by atoms with E-state index in [2.05, 4.69) is 25.9 Å². The second kappa shape index (κ2) is 11.8. The van der Waals surface area contributed by atoms with Crippen LogP contribution in [-0.2, 0) is 16.0 Å². The standard InChI is InChI=1S/C22H23FN4O3.CH3NO/c23-16-5-3-15(4-6-16)14-18-21(28)19-17(2-1-7-24-19)20(26-18)22(29)25-8-9-27-10-12-30-13-11-27;2-1-3/h1-7,28H,8-14H2,(H,25,29);1H,(H2,2,3). The number of carbonyl (C=O) groups excluding carboxylic acids is 2. The van der Waals surface area contributed by atoms with E-state index in [0.717, 1.165) is 25.2 Å². The Kier molecular flexibility index (Phi) is 8.62. The van der Waals surface area contributed by atoms with Gasteiger partial charge in [-0.3, -0.25) is 19.5 Å². The number of halogens is 1. The molecule has 10 heteroatoms. The predicted molar refractivity (Wildman–Crippen MR) is 120 cm³/mol. The summed E-state index contributed by atoms with van der Waals surface area (Å²) in [5.74, 6) is -0.724. The molecule has 4 rings (SSSR count). The zero-order valence-corrected chi connectivity index (χ0v) is 18.0. The van der Waals surface area contributed by atoms with Gasteiger partial charge in [-0.25, -0.2) is 9.37 Å². The molecular formula is C23H26FN5O4. The van der Waals surface area contributed by atoms with Crippen LogP contribution in [0.3, 0.4) is 0 Å². The van der Waals surface area contributed by atoms with Crippen LogP contribution < -0.4 is 11.1 Å². The molecule has 1 aliphatic rings. The molecule has 4 N–H and O–H groups in total. The maximum atomic E-state index is 13.2. The van der Waals surface area contributed by atoms with E-state index in [1.807, 2.05) is 0 Å². The molecule has 174 valence electrons. The van der Waals surface area contributed by atoms with Gasteiger partial charge >= 0.3 is 0 Å². The molecule has 1 fully saturated rings. The Hall–Kier alpha value is -3.63. The van der Waals surface area contributed by atoms with Crippen molar-refractivity contribution in [3.63, 3.8) is 0 Å². The number of hydrogen-bond donors (Lipinski definition) is 3. The minimum atomic E-state index is -0.337. The summed E-state index contributed by atoms with van der Waals surface area (Å²) in [5, 5.41) is 14.1. The lowest BCUT2D eigenvalue weighted by Crippen LogP contribution is -2.41. The number of fused-ring (bicyclic) bond motifs is 1. The number of nitrogens with one attached hydrogen (secondary N) is 1. The minimum absolute atomic E-state index is 0.0696. The first-order valence-electron chi connectivity index (χ1n) is 10.5. The van der Waals surface area contributed by atoms with Crippen molar-refractivity contribution in [3.05, 3.63) is 65.4 Å². The maximum Gasteiger partial charge on any atom is 0.270 e. The van der Waals surface area contributed by atoms with Crippen molar-refractivity contribution in [3.8, 4) is 5.75 Å². The van der Waals surface area contributed by atoms with Crippen molar-refractivity contribution in [1.29, 1.82) is 0 Å². The van der Waals surface area contributed by atoms with E-state index < -0.39 is 0 Å². The number of aromatic nitrogens is 2. The molecular weight excluding hydrogens is 429 g/mol. The SMILES string of the molecule is NC=O.O=C(NCCN1CCOCC1)c1nc(Cc2ccc(F)cc2)c(O)c2ncccc12. The van der Waals surface area contributed by atoms with Crippen molar-refractivity contribution in [2.45, 2.75) is 6.42 Å².